The molecule has 1 aromatic rings. The highest BCUT2D eigenvalue weighted by Gasteiger charge is 2.24. The standard InChI is InChI=1S/C20H16N5/c21-25-19-7-8-20(25)12-18-6-4-16(24-18)10-14-2-1-13(22-14)9-15-3-5-17(11-19)23-15/h1-3,5,7-12,21-22H,4,6H2/q+1/b13-9-,14-10-,15-9?,16-10?,17-11-,18-12-,19-11?,20-12?,25-21?. The van der Waals surface area contributed by atoms with Crippen molar-refractivity contribution in [3.8, 4) is 0 Å². The zero-order valence-electron chi connectivity index (χ0n) is 13.5. The second kappa shape index (κ2) is 5.34. The number of nitrogens with zero attached hydrogens (tertiary/aromatic N) is 3. The summed E-state index contributed by atoms with van der Waals surface area (Å²) in [5.41, 5.74) is 13.8. The zero-order chi connectivity index (χ0) is 16.8. The van der Waals surface area contributed by atoms with Gasteiger partial charge in [0.1, 0.15) is 0 Å². The number of hydrogen-bond acceptors (Lipinski definition) is 3. The van der Waals surface area contributed by atoms with Crippen molar-refractivity contribution in [3.05, 3.63) is 82.1 Å². The molecule has 5 heteroatoms. The van der Waals surface area contributed by atoms with Crippen LogP contribution in [-0.4, -0.2) is 21.1 Å². The molecule has 5 heterocycles. The fraction of sp³-hybridized carbons (Fsp3) is 0.100. The average Bonchev–Trinajstić information content (AvgIpc) is 3.36. The topological polar surface area (TPSA) is 67.4 Å². The molecule has 4 aliphatic heterocycles. The van der Waals surface area contributed by atoms with Crippen LogP contribution in [0, 0.1) is 5.53 Å². The maximum Gasteiger partial charge on any atom is 0.240 e. The number of allylic oxidation sites excluding steroid dienone is 7. The lowest BCUT2D eigenvalue weighted by Crippen LogP contribution is -2.12. The van der Waals surface area contributed by atoms with Crippen LogP contribution in [0.25, 0.3) is 12.2 Å². The smallest absolute Gasteiger partial charge is 0.240 e. The Balaban J connectivity index is 1.68. The van der Waals surface area contributed by atoms with Gasteiger partial charge in [-0.15, -0.1) is 0 Å². The molecule has 0 radical (unpaired) electrons. The maximum atomic E-state index is 8.33. The van der Waals surface area contributed by atoms with Crippen LogP contribution < -0.4 is 10.7 Å². The van der Waals surface area contributed by atoms with Crippen LogP contribution in [0.3, 0.4) is 0 Å². The Morgan fingerprint density at radius 2 is 1.68 bits per heavy atom. The monoisotopic (exact) mass is 326 g/mol. The predicted molar refractivity (Wildman–Crippen MR) is 97.5 cm³/mol. The minimum Gasteiger partial charge on any atom is -0.355 e. The highest BCUT2D eigenvalue weighted by atomic mass is 15.2. The van der Waals surface area contributed by atoms with Crippen LogP contribution in [0.2, 0.25) is 0 Å². The lowest BCUT2D eigenvalue weighted by Gasteiger charge is -1.94. The normalized spacial score (nSPS) is 27.8. The third kappa shape index (κ3) is 2.59. The van der Waals surface area contributed by atoms with Crippen LogP contribution in [0.1, 0.15) is 12.8 Å². The zero-order valence-corrected chi connectivity index (χ0v) is 13.5. The molecule has 0 unspecified atom stereocenters. The minimum absolute atomic E-state index is 0.805. The summed E-state index contributed by atoms with van der Waals surface area (Å²) < 4.78 is 1.43. The van der Waals surface area contributed by atoms with E-state index in [-0.39, 0.29) is 0 Å². The van der Waals surface area contributed by atoms with Gasteiger partial charge in [-0.05, 0) is 54.8 Å². The predicted octanol–water partition coefficient (Wildman–Crippen LogP) is 2.43. The van der Waals surface area contributed by atoms with Crippen LogP contribution in [-0.2, 0) is 0 Å². The minimum atomic E-state index is 0.805. The quantitative estimate of drug-likeness (QED) is 0.688. The van der Waals surface area contributed by atoms with E-state index in [2.05, 4.69) is 28.2 Å². The first-order valence-electron chi connectivity index (χ1n) is 8.31. The van der Waals surface area contributed by atoms with Crippen molar-refractivity contribution < 1.29 is 4.70 Å². The van der Waals surface area contributed by atoms with Crippen molar-refractivity contribution in [1.82, 2.24) is 4.98 Å². The Kier molecular flexibility index (Phi) is 3.00. The molecule has 0 aliphatic carbocycles. The van der Waals surface area contributed by atoms with Gasteiger partial charge in [0.15, 0.2) is 0 Å². The second-order valence-corrected chi connectivity index (χ2v) is 6.35. The van der Waals surface area contributed by atoms with Crippen molar-refractivity contribution in [2.24, 2.45) is 9.98 Å². The molecular weight excluding hydrogens is 310 g/mol. The molecule has 0 aromatic carbocycles. The molecule has 5 rings (SSSR count). The van der Waals surface area contributed by atoms with Gasteiger partial charge in [0.2, 0.25) is 11.4 Å². The number of hydrogen-bond donors (Lipinski definition) is 2. The molecule has 5 nitrogen and oxygen atoms in total. The summed E-state index contributed by atoms with van der Waals surface area (Å²) in [7, 11) is 0. The molecule has 120 valence electrons. The van der Waals surface area contributed by atoms with E-state index in [4.69, 9.17) is 10.5 Å². The van der Waals surface area contributed by atoms with Crippen molar-refractivity contribution in [1.29, 1.82) is 5.53 Å². The van der Waals surface area contributed by atoms with Crippen LogP contribution in [0.15, 0.2) is 81.4 Å². The maximum absolute atomic E-state index is 8.33. The van der Waals surface area contributed by atoms with Crippen molar-refractivity contribution >= 4 is 23.6 Å². The van der Waals surface area contributed by atoms with Crippen LogP contribution in [0.4, 0.5) is 0 Å². The van der Waals surface area contributed by atoms with E-state index in [0.717, 1.165) is 57.8 Å². The fourth-order valence-corrected chi connectivity index (χ4v) is 3.27. The molecule has 0 saturated carbocycles. The highest BCUT2D eigenvalue weighted by Crippen LogP contribution is 2.25. The summed E-state index contributed by atoms with van der Waals surface area (Å²) in [4.78, 5) is 12.7. The van der Waals surface area contributed by atoms with Gasteiger partial charge in [0.05, 0.1) is 11.4 Å². The highest BCUT2D eigenvalue weighted by molar-refractivity contribution is 6.19. The number of aromatic nitrogens is 1. The molecular formula is C20H16N5+. The number of H-pyrrole nitrogens is 1. The number of nitrogens with one attached hydrogen (secondary N) is 2. The molecule has 0 saturated heterocycles. The number of fused-ring (bicyclic) bond motifs is 6. The summed E-state index contributed by atoms with van der Waals surface area (Å²) >= 11 is 0. The molecule has 8 bridgehead atoms. The number of rotatable bonds is 0. The first-order chi connectivity index (χ1) is 12.2. The van der Waals surface area contributed by atoms with E-state index in [9.17, 15) is 0 Å². The molecule has 25 heavy (non-hydrogen) atoms. The van der Waals surface area contributed by atoms with Gasteiger partial charge in [-0.25, -0.2) is 4.99 Å². The largest absolute Gasteiger partial charge is 0.355 e. The Labute approximate surface area is 144 Å². The van der Waals surface area contributed by atoms with E-state index >= 15 is 0 Å². The Hall–Kier alpha value is -3.34. The second-order valence-electron chi connectivity index (χ2n) is 6.35. The van der Waals surface area contributed by atoms with Gasteiger partial charge in [-0.3, -0.25) is 4.99 Å². The number of aliphatic imine (C=N–C) groups is 2. The lowest BCUT2D eigenvalue weighted by atomic mass is 10.2. The van der Waals surface area contributed by atoms with Gasteiger partial charge in [0, 0.05) is 46.4 Å². The van der Waals surface area contributed by atoms with E-state index in [1.54, 1.807) is 0 Å². The summed E-state index contributed by atoms with van der Waals surface area (Å²) in [6.45, 7) is 0. The summed E-state index contributed by atoms with van der Waals surface area (Å²) in [6, 6.07) is 4.11. The third-order valence-electron chi connectivity index (χ3n) is 4.52. The molecule has 2 N–H and O–H groups in total. The van der Waals surface area contributed by atoms with E-state index < -0.39 is 0 Å². The third-order valence-corrected chi connectivity index (χ3v) is 4.52. The van der Waals surface area contributed by atoms with Gasteiger partial charge in [0.25, 0.3) is 0 Å². The van der Waals surface area contributed by atoms with Gasteiger partial charge in [-0.1, -0.05) is 4.70 Å². The fourth-order valence-electron chi connectivity index (χ4n) is 3.27. The van der Waals surface area contributed by atoms with E-state index in [0.29, 0.717) is 0 Å². The van der Waals surface area contributed by atoms with E-state index in [1.165, 1.54) is 4.70 Å². The average molecular weight is 326 g/mol. The SMILES string of the molecule is N=[N+]1C2=CC=C1/C=C1/CCC(=N1)/C=c1/cc/c([nH]1)=C/C1=NC(=C\2)/C=C1. The molecule has 4 aliphatic rings. The molecule has 0 fully saturated rings. The van der Waals surface area contributed by atoms with E-state index in [1.807, 2.05) is 42.5 Å². The molecule has 0 atom stereocenters. The molecule has 0 spiro atoms. The summed E-state index contributed by atoms with van der Waals surface area (Å²) in [5.74, 6) is 0. The van der Waals surface area contributed by atoms with Crippen molar-refractivity contribution in [2.75, 3.05) is 0 Å². The van der Waals surface area contributed by atoms with Gasteiger partial charge < -0.3 is 4.98 Å². The summed E-state index contributed by atoms with van der Waals surface area (Å²) in [6.07, 6.45) is 17.7. The first kappa shape index (κ1) is 14.0. The molecule has 1 aromatic heterocycles. The Morgan fingerprint density at radius 3 is 2.56 bits per heavy atom. The van der Waals surface area contributed by atoms with Crippen molar-refractivity contribution in [3.63, 3.8) is 0 Å². The summed E-state index contributed by atoms with van der Waals surface area (Å²) in [5, 5.41) is 2.06. The lowest BCUT2D eigenvalue weighted by molar-refractivity contribution is -0.506. The van der Waals surface area contributed by atoms with Crippen LogP contribution in [0.5, 0.6) is 0 Å². The van der Waals surface area contributed by atoms with Crippen molar-refractivity contribution in [2.45, 2.75) is 12.8 Å². The Bertz CT molecular complexity index is 1140. The van der Waals surface area contributed by atoms with Gasteiger partial charge >= 0.3 is 0 Å². The Morgan fingerprint density at radius 1 is 0.880 bits per heavy atom. The number of aromatic amines is 1. The first-order valence-corrected chi connectivity index (χ1v) is 8.31. The van der Waals surface area contributed by atoms with Crippen LogP contribution >= 0.6 is 0 Å². The molecule has 0 amide bonds. The van der Waals surface area contributed by atoms with Gasteiger partial charge in [-0.2, -0.15) is 0 Å².